The van der Waals surface area contributed by atoms with E-state index >= 15 is 0 Å². The number of ether oxygens (including phenoxy) is 2. The molecule has 3 aromatic carbocycles. The third kappa shape index (κ3) is 6.33. The van der Waals surface area contributed by atoms with Gasteiger partial charge in [-0.15, -0.1) is 23.5 Å². The Morgan fingerprint density at radius 2 is 1.60 bits per heavy atom. The fourth-order valence-corrected chi connectivity index (χ4v) is 7.26. The summed E-state index contributed by atoms with van der Waals surface area (Å²) in [5, 5.41) is 5.18. The number of carbonyl (C=O) groups is 2. The van der Waals surface area contributed by atoms with Gasteiger partial charge in [-0.1, -0.05) is 66.7 Å². The van der Waals surface area contributed by atoms with Gasteiger partial charge in [0, 0.05) is 0 Å². The molecule has 0 unspecified atom stereocenters. The molecule has 1 saturated heterocycles. The summed E-state index contributed by atoms with van der Waals surface area (Å²) < 4.78 is 10.4. The maximum Gasteiger partial charge on any atom is 0.408 e. The van der Waals surface area contributed by atoms with Crippen LogP contribution >= 0.6 is 23.5 Å². The lowest BCUT2D eigenvalue weighted by Crippen LogP contribution is -2.50. The fraction of sp³-hybridized carbons (Fsp3) is 0.357. The van der Waals surface area contributed by atoms with E-state index in [-0.39, 0.29) is 12.6 Å². The van der Waals surface area contributed by atoms with Crippen molar-refractivity contribution in [2.75, 3.05) is 11.5 Å². The lowest BCUT2D eigenvalue weighted by atomic mass is 9.99. The summed E-state index contributed by atoms with van der Waals surface area (Å²) in [7, 11) is 0. The smallest absolute Gasteiger partial charge is 0.408 e. The molecule has 7 heteroatoms. The highest BCUT2D eigenvalue weighted by Gasteiger charge is 2.51. The second kappa shape index (κ2) is 11.0. The molecule has 1 atom stereocenters. The molecule has 1 N–H and O–H groups in total. The van der Waals surface area contributed by atoms with E-state index in [1.165, 1.54) is 0 Å². The van der Waals surface area contributed by atoms with Crippen molar-refractivity contribution in [3.05, 3.63) is 83.9 Å². The first-order valence-corrected chi connectivity index (χ1v) is 13.7. The number of esters is 1. The van der Waals surface area contributed by atoms with Crippen molar-refractivity contribution in [2.45, 2.75) is 49.5 Å². The molecule has 0 radical (unpaired) electrons. The number of thioether (sulfide) groups is 2. The number of rotatable bonds is 6. The minimum Gasteiger partial charge on any atom is -0.459 e. The first kappa shape index (κ1) is 25.5. The first-order valence-electron chi connectivity index (χ1n) is 11.7. The van der Waals surface area contributed by atoms with Gasteiger partial charge in [-0.05, 0) is 66.7 Å². The summed E-state index contributed by atoms with van der Waals surface area (Å²) in [5.41, 5.74) is 1.10. The molecule has 1 amide bonds. The van der Waals surface area contributed by atoms with E-state index in [0.717, 1.165) is 39.8 Å². The average Bonchev–Trinajstić information content (AvgIpc) is 2.85. The molecule has 3 aromatic rings. The molecule has 4 rings (SSSR count). The van der Waals surface area contributed by atoms with Gasteiger partial charge in [-0.3, -0.25) is 0 Å². The Morgan fingerprint density at radius 1 is 0.943 bits per heavy atom. The highest BCUT2D eigenvalue weighted by atomic mass is 32.2. The second-order valence-corrected chi connectivity index (χ2v) is 12.4. The molecule has 5 nitrogen and oxygen atoms in total. The van der Waals surface area contributed by atoms with Gasteiger partial charge in [-0.2, -0.15) is 0 Å². The maximum absolute atomic E-state index is 13.8. The standard InChI is InChI=1S/C28H31NO4S2/c1-27(2,3)33-26(31)29-24(23-15-14-21-12-7-8-13-22(21)18-23)28(34-16-9-17-35-28)25(30)32-19-20-10-5-4-6-11-20/h4-8,10-15,18,24H,9,16-17,19H2,1-3H3,(H,29,31)/t24-/m0/s1. The van der Waals surface area contributed by atoms with E-state index in [1.807, 2.05) is 93.6 Å². The second-order valence-electron chi connectivity index (χ2n) is 9.47. The van der Waals surface area contributed by atoms with Gasteiger partial charge in [0.15, 0.2) is 4.08 Å². The molecule has 1 aliphatic heterocycles. The quantitative estimate of drug-likeness (QED) is 0.372. The SMILES string of the molecule is CC(C)(C)OC(=O)N[C@@H](c1ccc2ccccc2c1)C1(C(=O)OCc2ccccc2)SCCCS1. The highest BCUT2D eigenvalue weighted by Crippen LogP contribution is 2.51. The van der Waals surface area contributed by atoms with Crippen molar-refractivity contribution in [1.82, 2.24) is 5.32 Å². The molecule has 0 saturated carbocycles. The lowest BCUT2D eigenvalue weighted by molar-refractivity contribution is -0.146. The van der Waals surface area contributed by atoms with Crippen LogP contribution in [0, 0.1) is 0 Å². The van der Waals surface area contributed by atoms with Crippen molar-refractivity contribution < 1.29 is 19.1 Å². The summed E-state index contributed by atoms with van der Waals surface area (Å²) in [5.74, 6) is 1.26. The van der Waals surface area contributed by atoms with Crippen LogP contribution in [-0.4, -0.2) is 33.2 Å². The van der Waals surface area contributed by atoms with Crippen molar-refractivity contribution in [1.29, 1.82) is 0 Å². The highest BCUT2D eigenvalue weighted by molar-refractivity contribution is 8.20. The van der Waals surface area contributed by atoms with E-state index in [9.17, 15) is 9.59 Å². The molecule has 184 valence electrons. The van der Waals surface area contributed by atoms with Crippen molar-refractivity contribution in [3.8, 4) is 0 Å². The van der Waals surface area contributed by atoms with E-state index in [4.69, 9.17) is 9.47 Å². The average molecular weight is 510 g/mol. The third-order valence-electron chi connectivity index (χ3n) is 5.57. The number of hydrogen-bond acceptors (Lipinski definition) is 6. The zero-order valence-electron chi connectivity index (χ0n) is 20.3. The molecule has 0 spiro atoms. The molecule has 0 aliphatic carbocycles. The van der Waals surface area contributed by atoms with Gasteiger partial charge in [0.05, 0.1) is 6.04 Å². The predicted molar refractivity (Wildman–Crippen MR) is 145 cm³/mol. The minimum atomic E-state index is -1.04. The van der Waals surface area contributed by atoms with Crippen molar-refractivity contribution in [2.24, 2.45) is 0 Å². The number of benzene rings is 3. The summed E-state index contributed by atoms with van der Waals surface area (Å²) in [6, 6.07) is 23.1. The van der Waals surface area contributed by atoms with Crippen LogP contribution in [0.5, 0.6) is 0 Å². The summed E-state index contributed by atoms with van der Waals surface area (Å²) in [6.07, 6.45) is 0.428. The number of hydrogen-bond donors (Lipinski definition) is 1. The van der Waals surface area contributed by atoms with Gasteiger partial charge in [0.25, 0.3) is 0 Å². The van der Waals surface area contributed by atoms with E-state index in [2.05, 4.69) is 5.32 Å². The molecule has 0 bridgehead atoms. The van der Waals surface area contributed by atoms with Crippen LogP contribution < -0.4 is 5.32 Å². The zero-order chi connectivity index (χ0) is 24.9. The Bertz CT molecular complexity index is 1170. The Labute approximate surface area is 215 Å². The first-order chi connectivity index (χ1) is 16.8. The lowest BCUT2D eigenvalue weighted by Gasteiger charge is -2.40. The van der Waals surface area contributed by atoms with Gasteiger partial charge < -0.3 is 14.8 Å². The largest absolute Gasteiger partial charge is 0.459 e. The number of amides is 1. The van der Waals surface area contributed by atoms with Crippen LogP contribution in [0.1, 0.15) is 44.4 Å². The number of fused-ring (bicyclic) bond motifs is 1. The number of alkyl carbamates (subject to hydrolysis) is 1. The van der Waals surface area contributed by atoms with Crippen LogP contribution in [0.3, 0.4) is 0 Å². The molecule has 0 aromatic heterocycles. The number of nitrogens with one attached hydrogen (secondary N) is 1. The van der Waals surface area contributed by atoms with Crippen LogP contribution in [-0.2, 0) is 20.9 Å². The number of carbonyl (C=O) groups excluding carboxylic acids is 2. The molecular weight excluding hydrogens is 478 g/mol. The normalized spacial score (nSPS) is 16.3. The van der Waals surface area contributed by atoms with Gasteiger partial charge in [-0.25, -0.2) is 9.59 Å². The fourth-order valence-electron chi connectivity index (χ4n) is 3.98. The third-order valence-corrected chi connectivity index (χ3v) is 8.92. The van der Waals surface area contributed by atoms with Gasteiger partial charge in [0.1, 0.15) is 12.2 Å². The van der Waals surface area contributed by atoms with Crippen LogP contribution in [0.15, 0.2) is 72.8 Å². The summed E-state index contributed by atoms with van der Waals surface area (Å²) >= 11 is 3.08. The van der Waals surface area contributed by atoms with Crippen molar-refractivity contribution >= 4 is 46.4 Å². The van der Waals surface area contributed by atoms with Crippen LogP contribution in [0.25, 0.3) is 10.8 Å². The topological polar surface area (TPSA) is 64.6 Å². The molecule has 35 heavy (non-hydrogen) atoms. The zero-order valence-corrected chi connectivity index (χ0v) is 21.9. The monoisotopic (exact) mass is 509 g/mol. The molecule has 1 fully saturated rings. The molecule has 1 heterocycles. The summed E-state index contributed by atoms with van der Waals surface area (Å²) in [4.78, 5) is 26.8. The van der Waals surface area contributed by atoms with Gasteiger partial charge in [0.2, 0.25) is 0 Å². The van der Waals surface area contributed by atoms with Gasteiger partial charge >= 0.3 is 12.1 Å². The Hall–Kier alpha value is -2.64. The van der Waals surface area contributed by atoms with E-state index < -0.39 is 21.8 Å². The molecular formula is C28H31NO4S2. The van der Waals surface area contributed by atoms with Crippen LogP contribution in [0.2, 0.25) is 0 Å². The van der Waals surface area contributed by atoms with E-state index in [0.29, 0.717) is 0 Å². The Balaban J connectivity index is 1.71. The van der Waals surface area contributed by atoms with Crippen LogP contribution in [0.4, 0.5) is 4.79 Å². The molecule has 1 aliphatic rings. The maximum atomic E-state index is 13.8. The minimum absolute atomic E-state index is 0.180. The van der Waals surface area contributed by atoms with Crippen molar-refractivity contribution in [3.63, 3.8) is 0 Å². The summed E-state index contributed by atoms with van der Waals surface area (Å²) in [6.45, 7) is 5.66. The predicted octanol–water partition coefficient (Wildman–Crippen LogP) is 6.72. The van der Waals surface area contributed by atoms with E-state index in [1.54, 1.807) is 23.5 Å². The Morgan fingerprint density at radius 3 is 2.29 bits per heavy atom. The Kier molecular flexibility index (Phi) is 7.97.